The molecule has 1 N–H and O–H groups in total. The molecule has 3 rings (SSSR count). The highest BCUT2D eigenvalue weighted by Gasteiger charge is 2.23. The van der Waals surface area contributed by atoms with Gasteiger partial charge in [0.05, 0.1) is 4.90 Å². The Bertz CT molecular complexity index is 895. The summed E-state index contributed by atoms with van der Waals surface area (Å²) < 4.78 is 28.2. The van der Waals surface area contributed by atoms with E-state index >= 15 is 0 Å². The van der Waals surface area contributed by atoms with Crippen molar-refractivity contribution in [2.75, 3.05) is 11.4 Å². The van der Waals surface area contributed by atoms with Crippen molar-refractivity contribution < 1.29 is 13.2 Å². The number of anilines is 1. The van der Waals surface area contributed by atoms with Crippen molar-refractivity contribution in [2.45, 2.75) is 31.2 Å². The summed E-state index contributed by atoms with van der Waals surface area (Å²) in [6, 6.07) is 12.3. The van der Waals surface area contributed by atoms with Crippen LogP contribution in [0.5, 0.6) is 0 Å². The van der Waals surface area contributed by atoms with Gasteiger partial charge in [0.25, 0.3) is 0 Å². The first-order valence-corrected chi connectivity index (χ1v) is 10.4. The number of rotatable bonds is 5. The average Bonchev–Trinajstić information content (AvgIpc) is 3.03. The predicted molar refractivity (Wildman–Crippen MR) is 101 cm³/mol. The number of hydrogen-bond donors (Lipinski definition) is 1. The van der Waals surface area contributed by atoms with Crippen molar-refractivity contribution in [3.8, 4) is 0 Å². The summed E-state index contributed by atoms with van der Waals surface area (Å²) in [6.45, 7) is 2.76. The van der Waals surface area contributed by atoms with Gasteiger partial charge in [0, 0.05) is 29.7 Å². The van der Waals surface area contributed by atoms with E-state index in [4.69, 9.17) is 0 Å². The minimum Gasteiger partial charge on any atom is -0.312 e. The monoisotopic (exact) mass is 422 g/mol. The van der Waals surface area contributed by atoms with Crippen molar-refractivity contribution in [3.63, 3.8) is 0 Å². The fraction of sp³-hybridized carbons (Fsp3) is 0.278. The molecule has 0 aliphatic carbocycles. The highest BCUT2D eigenvalue weighted by molar-refractivity contribution is 9.10. The highest BCUT2D eigenvalue weighted by Crippen LogP contribution is 2.29. The molecule has 0 radical (unpaired) electrons. The fourth-order valence-corrected chi connectivity index (χ4v) is 4.17. The van der Waals surface area contributed by atoms with Crippen LogP contribution in [0.25, 0.3) is 0 Å². The van der Waals surface area contributed by atoms with Crippen LogP contribution in [0.15, 0.2) is 51.8 Å². The number of benzene rings is 2. The van der Waals surface area contributed by atoms with Gasteiger partial charge in [0.2, 0.25) is 15.9 Å². The van der Waals surface area contributed by atoms with E-state index in [1.54, 1.807) is 29.2 Å². The number of hydrogen-bond acceptors (Lipinski definition) is 3. The molecule has 2 aromatic carbocycles. The van der Waals surface area contributed by atoms with Crippen LogP contribution < -0.4 is 9.62 Å². The van der Waals surface area contributed by atoms with Gasteiger partial charge in [0.1, 0.15) is 0 Å². The van der Waals surface area contributed by atoms with Crippen molar-refractivity contribution in [2.24, 2.45) is 0 Å². The summed E-state index contributed by atoms with van der Waals surface area (Å²) in [6.07, 6.45) is 1.28. The minimum atomic E-state index is -3.55. The second-order valence-electron chi connectivity index (χ2n) is 5.89. The highest BCUT2D eigenvalue weighted by atomic mass is 79.9. The van der Waals surface area contributed by atoms with Crippen molar-refractivity contribution in [3.05, 3.63) is 58.1 Å². The zero-order valence-corrected chi connectivity index (χ0v) is 16.2. The Morgan fingerprint density at radius 2 is 1.92 bits per heavy atom. The zero-order chi connectivity index (χ0) is 18.0. The van der Waals surface area contributed by atoms with Gasteiger partial charge in [-0.05, 0) is 47.9 Å². The van der Waals surface area contributed by atoms with E-state index in [1.165, 1.54) is 0 Å². The third-order valence-electron chi connectivity index (χ3n) is 4.23. The van der Waals surface area contributed by atoms with Gasteiger partial charge in [-0.15, -0.1) is 0 Å². The standard InChI is InChI=1S/C18H19BrN2O3S/c1-2-18(22)21-10-9-14-11-13(3-8-17(14)21)12-20-25(23,24)16-6-4-15(19)5-7-16/h3-8,11,20H,2,9-10,12H2,1H3. The summed E-state index contributed by atoms with van der Waals surface area (Å²) in [7, 11) is -3.55. The topological polar surface area (TPSA) is 66.5 Å². The molecule has 25 heavy (non-hydrogen) atoms. The van der Waals surface area contributed by atoms with Gasteiger partial charge < -0.3 is 4.90 Å². The normalized spacial score (nSPS) is 13.8. The number of amides is 1. The van der Waals surface area contributed by atoms with Crippen LogP contribution in [0.4, 0.5) is 5.69 Å². The van der Waals surface area contributed by atoms with E-state index in [0.29, 0.717) is 13.0 Å². The third-order valence-corrected chi connectivity index (χ3v) is 6.18. The molecule has 0 saturated heterocycles. The molecular weight excluding hydrogens is 404 g/mol. The third kappa shape index (κ3) is 3.94. The molecular formula is C18H19BrN2O3S. The number of nitrogens with one attached hydrogen (secondary N) is 1. The lowest BCUT2D eigenvalue weighted by molar-refractivity contribution is -0.118. The van der Waals surface area contributed by atoms with E-state index in [-0.39, 0.29) is 17.3 Å². The molecule has 0 bridgehead atoms. The second kappa shape index (κ2) is 7.27. The van der Waals surface area contributed by atoms with Crippen molar-refractivity contribution in [1.29, 1.82) is 0 Å². The van der Waals surface area contributed by atoms with Crippen LogP contribution >= 0.6 is 15.9 Å². The lowest BCUT2D eigenvalue weighted by Gasteiger charge is -2.16. The van der Waals surface area contributed by atoms with Gasteiger partial charge in [0.15, 0.2) is 0 Å². The number of carbonyl (C=O) groups excluding carboxylic acids is 1. The van der Waals surface area contributed by atoms with Crippen LogP contribution in [-0.4, -0.2) is 20.9 Å². The molecule has 1 aliphatic rings. The summed E-state index contributed by atoms with van der Waals surface area (Å²) >= 11 is 3.29. The van der Waals surface area contributed by atoms with E-state index < -0.39 is 10.0 Å². The summed E-state index contributed by atoms with van der Waals surface area (Å²) in [5, 5.41) is 0. The maximum atomic E-state index is 12.4. The first kappa shape index (κ1) is 18.1. The van der Waals surface area contributed by atoms with Crippen LogP contribution in [0.3, 0.4) is 0 Å². The van der Waals surface area contributed by atoms with E-state index in [1.807, 2.05) is 25.1 Å². The zero-order valence-electron chi connectivity index (χ0n) is 13.8. The number of fused-ring (bicyclic) bond motifs is 1. The number of halogens is 1. The van der Waals surface area contributed by atoms with Gasteiger partial charge in [-0.25, -0.2) is 13.1 Å². The summed E-state index contributed by atoms with van der Waals surface area (Å²) in [5.74, 6) is 0.113. The van der Waals surface area contributed by atoms with Gasteiger partial charge in [-0.1, -0.05) is 35.0 Å². The Morgan fingerprint density at radius 1 is 1.20 bits per heavy atom. The lowest BCUT2D eigenvalue weighted by atomic mass is 10.1. The smallest absolute Gasteiger partial charge is 0.240 e. The maximum Gasteiger partial charge on any atom is 0.240 e. The molecule has 0 spiro atoms. The molecule has 1 aliphatic heterocycles. The Labute approximate surface area is 156 Å². The Kier molecular flexibility index (Phi) is 5.27. The van der Waals surface area contributed by atoms with Crippen LogP contribution in [-0.2, 0) is 27.8 Å². The van der Waals surface area contributed by atoms with Gasteiger partial charge >= 0.3 is 0 Å². The first-order chi connectivity index (χ1) is 11.9. The average molecular weight is 423 g/mol. The van der Waals surface area contributed by atoms with Crippen molar-refractivity contribution >= 4 is 37.5 Å². The van der Waals surface area contributed by atoms with Gasteiger partial charge in [-0.2, -0.15) is 0 Å². The minimum absolute atomic E-state index is 0.113. The predicted octanol–water partition coefficient (Wildman–Crippen LogP) is 3.23. The molecule has 132 valence electrons. The molecule has 0 fully saturated rings. The molecule has 1 heterocycles. The number of nitrogens with zero attached hydrogens (tertiary/aromatic N) is 1. The Balaban J connectivity index is 1.72. The Hall–Kier alpha value is -1.70. The van der Waals surface area contributed by atoms with Crippen LogP contribution in [0, 0.1) is 0 Å². The molecule has 1 amide bonds. The lowest BCUT2D eigenvalue weighted by Crippen LogP contribution is -2.27. The maximum absolute atomic E-state index is 12.4. The molecule has 0 unspecified atom stereocenters. The first-order valence-electron chi connectivity index (χ1n) is 8.08. The van der Waals surface area contributed by atoms with Crippen LogP contribution in [0.2, 0.25) is 0 Å². The van der Waals surface area contributed by atoms with E-state index in [2.05, 4.69) is 20.7 Å². The SMILES string of the molecule is CCC(=O)N1CCc2cc(CNS(=O)(=O)c3ccc(Br)cc3)ccc21. The van der Waals surface area contributed by atoms with Crippen LogP contribution in [0.1, 0.15) is 24.5 Å². The quantitative estimate of drug-likeness (QED) is 0.803. The van der Waals surface area contributed by atoms with E-state index in [9.17, 15) is 13.2 Å². The molecule has 7 heteroatoms. The molecule has 0 saturated carbocycles. The number of sulfonamides is 1. The molecule has 0 aromatic heterocycles. The van der Waals surface area contributed by atoms with Crippen molar-refractivity contribution in [1.82, 2.24) is 4.72 Å². The summed E-state index contributed by atoms with van der Waals surface area (Å²) in [5.41, 5.74) is 2.90. The summed E-state index contributed by atoms with van der Waals surface area (Å²) in [4.78, 5) is 14.0. The molecule has 2 aromatic rings. The molecule has 0 atom stereocenters. The van der Waals surface area contributed by atoms with Gasteiger partial charge in [-0.3, -0.25) is 4.79 Å². The number of carbonyl (C=O) groups is 1. The second-order valence-corrected chi connectivity index (χ2v) is 8.57. The largest absolute Gasteiger partial charge is 0.312 e. The Morgan fingerprint density at radius 3 is 2.60 bits per heavy atom. The fourth-order valence-electron chi connectivity index (χ4n) is 2.89. The van der Waals surface area contributed by atoms with E-state index in [0.717, 1.165) is 27.7 Å². The molecule has 5 nitrogen and oxygen atoms in total.